The molecule has 0 aliphatic carbocycles. The molecule has 2 heterocycles. The summed E-state index contributed by atoms with van der Waals surface area (Å²) in [4.78, 5) is 21.3. The summed E-state index contributed by atoms with van der Waals surface area (Å²) in [5.41, 5.74) is 1.45. The number of nitrogens with zero attached hydrogens (tertiary/aromatic N) is 1. The zero-order valence-corrected chi connectivity index (χ0v) is 13.1. The predicted octanol–water partition coefficient (Wildman–Crippen LogP) is 4.58. The summed E-state index contributed by atoms with van der Waals surface area (Å²) >= 11 is 13.7. The van der Waals surface area contributed by atoms with Gasteiger partial charge in [-0.3, -0.25) is 4.79 Å². The summed E-state index contributed by atoms with van der Waals surface area (Å²) in [6.45, 7) is 3.91. The number of fused-ring (bicyclic) bond motifs is 1. The van der Waals surface area contributed by atoms with Crippen molar-refractivity contribution < 1.29 is 0 Å². The quantitative estimate of drug-likeness (QED) is 0.712. The number of aromatic amines is 1. The number of nitrogens with one attached hydrogen (secondary N) is 1. The molecule has 0 saturated heterocycles. The van der Waals surface area contributed by atoms with Crippen LogP contribution in [0.3, 0.4) is 0 Å². The highest BCUT2D eigenvalue weighted by molar-refractivity contribution is 7.18. The van der Waals surface area contributed by atoms with E-state index in [1.54, 1.807) is 18.2 Å². The number of hydrogen-bond acceptors (Lipinski definition) is 3. The minimum absolute atomic E-state index is 0.150. The summed E-state index contributed by atoms with van der Waals surface area (Å²) < 4.78 is 0. The fraction of sp³-hybridized carbons (Fsp3) is 0.143. The van der Waals surface area contributed by atoms with Crippen LogP contribution in [0.15, 0.2) is 23.0 Å². The molecular weight excluding hydrogens is 315 g/mol. The van der Waals surface area contributed by atoms with Gasteiger partial charge < -0.3 is 4.98 Å². The second kappa shape index (κ2) is 4.88. The van der Waals surface area contributed by atoms with Crippen LogP contribution in [-0.2, 0) is 0 Å². The number of aryl methyl sites for hydroxylation is 2. The summed E-state index contributed by atoms with van der Waals surface area (Å²) in [5.74, 6) is 0.441. The molecule has 3 aromatic rings. The van der Waals surface area contributed by atoms with Crippen LogP contribution in [0.5, 0.6) is 0 Å². The van der Waals surface area contributed by atoms with Gasteiger partial charge >= 0.3 is 0 Å². The van der Waals surface area contributed by atoms with E-state index in [9.17, 15) is 4.79 Å². The van der Waals surface area contributed by atoms with Crippen molar-refractivity contribution in [2.75, 3.05) is 0 Å². The van der Waals surface area contributed by atoms with Gasteiger partial charge in [-0.05, 0) is 31.5 Å². The van der Waals surface area contributed by atoms with Gasteiger partial charge in [-0.15, -0.1) is 11.3 Å². The van der Waals surface area contributed by atoms with Crippen LogP contribution >= 0.6 is 34.5 Å². The Kier molecular flexibility index (Phi) is 3.32. The molecule has 0 saturated carbocycles. The number of rotatable bonds is 1. The van der Waals surface area contributed by atoms with E-state index in [0.29, 0.717) is 26.8 Å². The van der Waals surface area contributed by atoms with Crippen LogP contribution in [0.4, 0.5) is 0 Å². The van der Waals surface area contributed by atoms with Gasteiger partial charge in [0.25, 0.3) is 5.56 Å². The third-order valence-corrected chi connectivity index (χ3v) is 5.17. The molecule has 3 rings (SSSR count). The third-order valence-electron chi connectivity index (χ3n) is 3.25. The van der Waals surface area contributed by atoms with Crippen molar-refractivity contribution in [3.05, 3.63) is 49.0 Å². The van der Waals surface area contributed by atoms with Crippen molar-refractivity contribution >= 4 is 44.8 Å². The van der Waals surface area contributed by atoms with Crippen molar-refractivity contribution in [1.82, 2.24) is 9.97 Å². The Morgan fingerprint density at radius 3 is 2.75 bits per heavy atom. The van der Waals surface area contributed by atoms with Gasteiger partial charge in [0.1, 0.15) is 10.7 Å². The molecule has 1 aromatic carbocycles. The first-order valence-corrected chi connectivity index (χ1v) is 7.50. The maximum absolute atomic E-state index is 12.2. The van der Waals surface area contributed by atoms with Crippen molar-refractivity contribution in [1.29, 1.82) is 0 Å². The van der Waals surface area contributed by atoms with Gasteiger partial charge in [0.05, 0.1) is 15.4 Å². The molecule has 0 bridgehead atoms. The molecule has 0 aliphatic heterocycles. The Balaban J connectivity index is 2.34. The van der Waals surface area contributed by atoms with Crippen LogP contribution in [-0.4, -0.2) is 9.97 Å². The van der Waals surface area contributed by atoms with Gasteiger partial charge in [-0.25, -0.2) is 4.98 Å². The standard InChI is InChI=1S/C14H10Cl2N2OS/c1-6-7(2)20-14-10(6)13(19)17-12(18-14)8-4-3-5-9(15)11(8)16/h3-5H,1-2H3,(H,17,18,19). The van der Waals surface area contributed by atoms with E-state index in [0.717, 1.165) is 15.3 Å². The van der Waals surface area contributed by atoms with Gasteiger partial charge in [0, 0.05) is 10.4 Å². The Hall–Kier alpha value is -1.36. The lowest BCUT2D eigenvalue weighted by atomic mass is 10.2. The molecule has 0 fully saturated rings. The lowest BCUT2D eigenvalue weighted by molar-refractivity contribution is 1.18. The number of benzene rings is 1. The van der Waals surface area contributed by atoms with E-state index in [4.69, 9.17) is 23.2 Å². The average Bonchev–Trinajstić information content (AvgIpc) is 2.68. The van der Waals surface area contributed by atoms with Crippen LogP contribution in [0, 0.1) is 13.8 Å². The maximum atomic E-state index is 12.2. The van der Waals surface area contributed by atoms with Gasteiger partial charge in [-0.2, -0.15) is 0 Å². The summed E-state index contributed by atoms with van der Waals surface area (Å²) in [6.07, 6.45) is 0. The monoisotopic (exact) mass is 324 g/mol. The fourth-order valence-electron chi connectivity index (χ4n) is 2.07. The Bertz CT molecular complexity index is 883. The molecule has 6 heteroatoms. The lowest BCUT2D eigenvalue weighted by Gasteiger charge is -2.05. The van der Waals surface area contributed by atoms with Gasteiger partial charge in [-0.1, -0.05) is 29.3 Å². The van der Waals surface area contributed by atoms with E-state index in [1.807, 2.05) is 13.8 Å². The molecule has 20 heavy (non-hydrogen) atoms. The van der Waals surface area contributed by atoms with Crippen LogP contribution < -0.4 is 5.56 Å². The van der Waals surface area contributed by atoms with Crippen LogP contribution in [0.1, 0.15) is 10.4 Å². The first-order valence-electron chi connectivity index (χ1n) is 5.93. The number of H-pyrrole nitrogens is 1. The molecule has 0 radical (unpaired) electrons. The molecule has 1 N–H and O–H groups in total. The molecule has 0 atom stereocenters. The smallest absolute Gasteiger partial charge is 0.260 e. The minimum atomic E-state index is -0.150. The lowest BCUT2D eigenvalue weighted by Crippen LogP contribution is -2.09. The zero-order valence-electron chi connectivity index (χ0n) is 10.8. The normalized spacial score (nSPS) is 11.2. The number of hydrogen-bond donors (Lipinski definition) is 1. The van der Waals surface area contributed by atoms with Crippen molar-refractivity contribution in [2.24, 2.45) is 0 Å². The second-order valence-electron chi connectivity index (χ2n) is 4.48. The minimum Gasteiger partial charge on any atom is -0.306 e. The average molecular weight is 325 g/mol. The van der Waals surface area contributed by atoms with Gasteiger partial charge in [0.15, 0.2) is 0 Å². The van der Waals surface area contributed by atoms with Crippen molar-refractivity contribution in [3.63, 3.8) is 0 Å². The van der Waals surface area contributed by atoms with Crippen molar-refractivity contribution in [2.45, 2.75) is 13.8 Å². The van der Waals surface area contributed by atoms with Crippen LogP contribution in [0.25, 0.3) is 21.6 Å². The summed E-state index contributed by atoms with van der Waals surface area (Å²) in [7, 11) is 0. The SMILES string of the molecule is Cc1sc2nc(-c3cccc(Cl)c3Cl)[nH]c(=O)c2c1C. The first kappa shape index (κ1) is 13.6. The highest BCUT2D eigenvalue weighted by Gasteiger charge is 2.14. The largest absolute Gasteiger partial charge is 0.306 e. The summed E-state index contributed by atoms with van der Waals surface area (Å²) in [5, 5.41) is 1.47. The highest BCUT2D eigenvalue weighted by Crippen LogP contribution is 2.33. The summed E-state index contributed by atoms with van der Waals surface area (Å²) in [6, 6.07) is 5.26. The predicted molar refractivity (Wildman–Crippen MR) is 85.2 cm³/mol. The molecule has 0 spiro atoms. The first-order chi connectivity index (χ1) is 9.49. The number of thiophene rings is 1. The number of aromatic nitrogens is 2. The molecular formula is C14H10Cl2N2OS. The number of halogens is 2. The second-order valence-corrected chi connectivity index (χ2v) is 6.47. The van der Waals surface area contributed by atoms with E-state index in [1.165, 1.54) is 11.3 Å². The molecule has 0 unspecified atom stereocenters. The Morgan fingerprint density at radius 1 is 1.25 bits per heavy atom. The fourth-order valence-corrected chi connectivity index (χ4v) is 3.49. The molecule has 3 nitrogen and oxygen atoms in total. The topological polar surface area (TPSA) is 45.8 Å². The van der Waals surface area contributed by atoms with E-state index in [2.05, 4.69) is 9.97 Å². The van der Waals surface area contributed by atoms with Crippen LogP contribution in [0.2, 0.25) is 10.0 Å². The molecule has 0 aliphatic rings. The third kappa shape index (κ3) is 2.04. The molecule has 102 valence electrons. The Morgan fingerprint density at radius 2 is 2.00 bits per heavy atom. The van der Waals surface area contributed by atoms with E-state index < -0.39 is 0 Å². The Labute approximate surface area is 129 Å². The molecule has 2 aromatic heterocycles. The maximum Gasteiger partial charge on any atom is 0.260 e. The zero-order chi connectivity index (χ0) is 14.4. The van der Waals surface area contributed by atoms with Crippen molar-refractivity contribution in [3.8, 4) is 11.4 Å². The highest BCUT2D eigenvalue weighted by atomic mass is 35.5. The van der Waals surface area contributed by atoms with Gasteiger partial charge in [0.2, 0.25) is 0 Å². The van der Waals surface area contributed by atoms with E-state index >= 15 is 0 Å². The molecule has 0 amide bonds. The van der Waals surface area contributed by atoms with E-state index in [-0.39, 0.29) is 5.56 Å².